The molecule has 1 N–H and O–H groups in total. The minimum absolute atomic E-state index is 0.00678. The fraction of sp³-hybridized carbons (Fsp3) is 0.238. The molecular formula is C21H21BrN2O3. The van der Waals surface area contributed by atoms with Crippen LogP contribution in [0.2, 0.25) is 0 Å². The molecule has 0 unspecified atom stereocenters. The van der Waals surface area contributed by atoms with Gasteiger partial charge in [0.2, 0.25) is 0 Å². The van der Waals surface area contributed by atoms with Crippen molar-refractivity contribution in [3.8, 4) is 17.6 Å². The monoisotopic (exact) mass is 428 g/mol. The number of halogens is 1. The van der Waals surface area contributed by atoms with E-state index in [0.29, 0.717) is 29.4 Å². The van der Waals surface area contributed by atoms with Gasteiger partial charge in [-0.3, -0.25) is 4.79 Å². The summed E-state index contributed by atoms with van der Waals surface area (Å²) in [5.74, 6) is 0.677. The Balaban J connectivity index is 2.25. The lowest BCUT2D eigenvalue weighted by atomic mass is 10.1. The zero-order chi connectivity index (χ0) is 19.8. The zero-order valence-electron chi connectivity index (χ0n) is 15.5. The van der Waals surface area contributed by atoms with Crippen LogP contribution in [-0.4, -0.2) is 19.6 Å². The van der Waals surface area contributed by atoms with Gasteiger partial charge < -0.3 is 14.8 Å². The van der Waals surface area contributed by atoms with E-state index in [4.69, 9.17) is 9.47 Å². The molecule has 6 heteroatoms. The van der Waals surface area contributed by atoms with Gasteiger partial charge in [0, 0.05) is 4.47 Å². The van der Waals surface area contributed by atoms with Crippen LogP contribution in [0, 0.1) is 11.3 Å². The number of carbonyl (C=O) groups is 1. The van der Waals surface area contributed by atoms with E-state index in [2.05, 4.69) is 28.2 Å². The first-order valence-electron chi connectivity index (χ1n) is 8.54. The number of nitrogens with zero attached hydrogens (tertiary/aromatic N) is 1. The maximum absolute atomic E-state index is 12.5. The first-order chi connectivity index (χ1) is 13.0. The quantitative estimate of drug-likeness (QED) is 0.499. The molecule has 1 amide bonds. The van der Waals surface area contributed by atoms with Crippen molar-refractivity contribution >= 4 is 33.6 Å². The van der Waals surface area contributed by atoms with Gasteiger partial charge in [0.15, 0.2) is 11.5 Å². The van der Waals surface area contributed by atoms with Gasteiger partial charge in [0.25, 0.3) is 5.91 Å². The van der Waals surface area contributed by atoms with Crippen molar-refractivity contribution in [3.63, 3.8) is 0 Å². The van der Waals surface area contributed by atoms with Gasteiger partial charge in [-0.2, -0.15) is 5.26 Å². The Morgan fingerprint density at radius 2 is 2.00 bits per heavy atom. The van der Waals surface area contributed by atoms with Crippen LogP contribution in [0.4, 0.5) is 5.69 Å². The summed E-state index contributed by atoms with van der Waals surface area (Å²) in [6.07, 6.45) is 2.41. The van der Waals surface area contributed by atoms with Crippen molar-refractivity contribution in [2.24, 2.45) is 0 Å². The molecule has 0 saturated carbocycles. The second-order valence-electron chi connectivity index (χ2n) is 5.64. The second kappa shape index (κ2) is 9.79. The van der Waals surface area contributed by atoms with E-state index < -0.39 is 5.91 Å². The van der Waals surface area contributed by atoms with Gasteiger partial charge in [0.1, 0.15) is 11.6 Å². The van der Waals surface area contributed by atoms with E-state index >= 15 is 0 Å². The Kier molecular flexibility index (Phi) is 7.44. The lowest BCUT2D eigenvalue weighted by molar-refractivity contribution is -0.112. The smallest absolute Gasteiger partial charge is 0.266 e. The zero-order valence-corrected chi connectivity index (χ0v) is 17.1. The number of anilines is 1. The van der Waals surface area contributed by atoms with Crippen molar-refractivity contribution in [1.82, 2.24) is 0 Å². The molecule has 5 nitrogen and oxygen atoms in total. The topological polar surface area (TPSA) is 71.3 Å². The molecule has 0 heterocycles. The summed E-state index contributed by atoms with van der Waals surface area (Å²) < 4.78 is 11.6. The number of ether oxygens (including phenoxy) is 2. The third kappa shape index (κ3) is 5.35. The number of methoxy groups -OCH3 is 1. The van der Waals surface area contributed by atoms with Crippen LogP contribution in [0.15, 0.2) is 46.4 Å². The summed E-state index contributed by atoms with van der Waals surface area (Å²) in [5, 5.41) is 12.2. The molecule has 2 aromatic carbocycles. The fourth-order valence-electron chi connectivity index (χ4n) is 2.43. The van der Waals surface area contributed by atoms with Gasteiger partial charge in [0.05, 0.1) is 19.4 Å². The minimum atomic E-state index is -0.477. The SMILES string of the molecule is CCOc1ccc(/C=C(\C#N)C(=O)Nc2ccc(CC)cc2Br)cc1OC. The fourth-order valence-corrected chi connectivity index (χ4v) is 2.96. The molecule has 0 spiro atoms. The van der Waals surface area contributed by atoms with Crippen molar-refractivity contribution in [2.45, 2.75) is 20.3 Å². The molecule has 0 aliphatic carbocycles. The van der Waals surface area contributed by atoms with Crippen molar-refractivity contribution in [2.75, 3.05) is 19.0 Å². The van der Waals surface area contributed by atoms with E-state index in [1.807, 2.05) is 31.2 Å². The maximum Gasteiger partial charge on any atom is 0.266 e. The van der Waals surface area contributed by atoms with Crippen LogP contribution in [0.25, 0.3) is 6.08 Å². The number of nitrogens with one attached hydrogen (secondary N) is 1. The van der Waals surface area contributed by atoms with Gasteiger partial charge in [-0.1, -0.05) is 19.1 Å². The molecule has 0 fully saturated rings. The predicted octanol–water partition coefficient (Wildman–Crippen LogP) is 4.96. The highest BCUT2D eigenvalue weighted by Gasteiger charge is 2.12. The van der Waals surface area contributed by atoms with Crippen LogP contribution >= 0.6 is 15.9 Å². The van der Waals surface area contributed by atoms with Crippen LogP contribution in [0.3, 0.4) is 0 Å². The standard InChI is InChI=1S/C21H21BrN2O3/c1-4-14-6-8-18(17(22)11-14)24-21(25)16(13-23)10-15-7-9-19(27-5-2)20(12-15)26-3/h6-12H,4-5H2,1-3H3,(H,24,25)/b16-10+. The third-order valence-corrected chi connectivity index (χ3v) is 4.51. The van der Waals surface area contributed by atoms with Crippen molar-refractivity contribution in [3.05, 3.63) is 57.6 Å². The normalized spacial score (nSPS) is 10.9. The van der Waals surface area contributed by atoms with E-state index in [9.17, 15) is 10.1 Å². The lowest BCUT2D eigenvalue weighted by Gasteiger charge is -2.10. The van der Waals surface area contributed by atoms with Gasteiger partial charge in [-0.25, -0.2) is 0 Å². The minimum Gasteiger partial charge on any atom is -0.493 e. The molecule has 0 aliphatic rings. The average molecular weight is 429 g/mol. The van der Waals surface area contributed by atoms with E-state index in [1.54, 1.807) is 25.3 Å². The Bertz CT molecular complexity index is 901. The molecule has 2 rings (SSSR count). The molecule has 140 valence electrons. The van der Waals surface area contributed by atoms with Gasteiger partial charge in [-0.15, -0.1) is 0 Å². The molecule has 0 bridgehead atoms. The van der Waals surface area contributed by atoms with Crippen molar-refractivity contribution < 1.29 is 14.3 Å². The Hall–Kier alpha value is -2.78. The first kappa shape index (κ1) is 20.5. The van der Waals surface area contributed by atoms with Crippen LogP contribution in [0.5, 0.6) is 11.5 Å². The van der Waals surface area contributed by atoms with E-state index in [0.717, 1.165) is 16.5 Å². The molecule has 0 radical (unpaired) electrons. The highest BCUT2D eigenvalue weighted by Crippen LogP contribution is 2.29. The summed E-state index contributed by atoms with van der Waals surface area (Å²) in [6.45, 7) is 4.46. The number of amides is 1. The highest BCUT2D eigenvalue weighted by atomic mass is 79.9. The molecule has 0 saturated heterocycles. The largest absolute Gasteiger partial charge is 0.493 e. The summed E-state index contributed by atoms with van der Waals surface area (Å²) in [5.41, 5.74) is 2.43. The molecule has 0 aromatic heterocycles. The molecule has 27 heavy (non-hydrogen) atoms. The number of rotatable bonds is 7. The first-order valence-corrected chi connectivity index (χ1v) is 9.34. The molecule has 0 atom stereocenters. The van der Waals surface area contributed by atoms with E-state index in [-0.39, 0.29) is 5.57 Å². The number of carbonyl (C=O) groups excluding carboxylic acids is 1. The summed E-state index contributed by atoms with van der Waals surface area (Å²) in [4.78, 5) is 12.5. The number of aryl methyl sites for hydroxylation is 1. The highest BCUT2D eigenvalue weighted by molar-refractivity contribution is 9.10. The molecule has 2 aromatic rings. The molecular weight excluding hydrogens is 408 g/mol. The van der Waals surface area contributed by atoms with Crippen LogP contribution in [0.1, 0.15) is 25.0 Å². The predicted molar refractivity (Wildman–Crippen MR) is 110 cm³/mol. The maximum atomic E-state index is 12.5. The Labute approximate surface area is 167 Å². The van der Waals surface area contributed by atoms with Gasteiger partial charge in [-0.05, 0) is 70.7 Å². The number of hydrogen-bond acceptors (Lipinski definition) is 4. The number of hydrogen-bond donors (Lipinski definition) is 1. The summed E-state index contributed by atoms with van der Waals surface area (Å²) >= 11 is 3.45. The van der Waals surface area contributed by atoms with Crippen LogP contribution in [-0.2, 0) is 11.2 Å². The summed E-state index contributed by atoms with van der Waals surface area (Å²) in [6, 6.07) is 12.9. The Morgan fingerprint density at radius 3 is 2.59 bits per heavy atom. The lowest BCUT2D eigenvalue weighted by Crippen LogP contribution is -2.14. The van der Waals surface area contributed by atoms with Gasteiger partial charge >= 0.3 is 0 Å². The van der Waals surface area contributed by atoms with E-state index in [1.165, 1.54) is 6.08 Å². The summed E-state index contributed by atoms with van der Waals surface area (Å²) in [7, 11) is 1.54. The number of benzene rings is 2. The third-order valence-electron chi connectivity index (χ3n) is 3.85. The average Bonchev–Trinajstić information content (AvgIpc) is 2.68. The Morgan fingerprint density at radius 1 is 1.22 bits per heavy atom. The second-order valence-corrected chi connectivity index (χ2v) is 6.49. The molecule has 0 aliphatic heterocycles. The van der Waals surface area contributed by atoms with Crippen LogP contribution < -0.4 is 14.8 Å². The number of nitriles is 1. The van der Waals surface area contributed by atoms with Crippen molar-refractivity contribution in [1.29, 1.82) is 5.26 Å².